The van der Waals surface area contributed by atoms with E-state index in [2.05, 4.69) is 10.0 Å². The van der Waals surface area contributed by atoms with Crippen LogP contribution in [0.4, 0.5) is 0 Å². The lowest BCUT2D eigenvalue weighted by molar-refractivity contribution is -0.149. The van der Waals surface area contributed by atoms with Crippen LogP contribution in [0.3, 0.4) is 0 Å². The molecule has 0 aliphatic carbocycles. The van der Waals surface area contributed by atoms with Crippen LogP contribution in [0.1, 0.15) is 32.3 Å². The van der Waals surface area contributed by atoms with Gasteiger partial charge < -0.3 is 14.8 Å². The Kier molecular flexibility index (Phi) is 9.60. The lowest BCUT2D eigenvalue weighted by Gasteiger charge is -2.14. The van der Waals surface area contributed by atoms with Gasteiger partial charge in [-0.05, 0) is 39.3 Å². The average molecular weight is 414 g/mol. The van der Waals surface area contributed by atoms with Gasteiger partial charge >= 0.3 is 11.9 Å². The van der Waals surface area contributed by atoms with E-state index in [0.717, 1.165) is 5.56 Å². The van der Waals surface area contributed by atoms with E-state index in [4.69, 9.17) is 9.47 Å². The summed E-state index contributed by atoms with van der Waals surface area (Å²) in [4.78, 5) is 34.7. The fraction of sp³-hybridized carbons (Fsp3) is 0.500. The number of ether oxygens (including phenoxy) is 2. The van der Waals surface area contributed by atoms with E-state index in [0.29, 0.717) is 13.0 Å². The molecule has 0 fully saturated rings. The molecular weight excluding hydrogens is 388 g/mol. The Labute approximate surface area is 164 Å². The molecule has 1 amide bonds. The second-order valence-electron chi connectivity index (χ2n) is 6.02. The average Bonchev–Trinajstić information content (AvgIpc) is 2.63. The van der Waals surface area contributed by atoms with Crippen LogP contribution >= 0.6 is 0 Å². The van der Waals surface area contributed by atoms with Gasteiger partial charge in [0.05, 0.1) is 11.5 Å². The van der Waals surface area contributed by atoms with Crippen LogP contribution in [0.15, 0.2) is 29.2 Å². The van der Waals surface area contributed by atoms with Crippen molar-refractivity contribution in [2.45, 2.75) is 44.6 Å². The maximum absolute atomic E-state index is 12.2. The van der Waals surface area contributed by atoms with Crippen molar-refractivity contribution in [3.63, 3.8) is 0 Å². The number of carbonyl (C=O) groups is 3. The van der Waals surface area contributed by atoms with E-state index < -0.39 is 34.5 Å². The van der Waals surface area contributed by atoms with Crippen molar-refractivity contribution in [3.05, 3.63) is 29.8 Å². The molecule has 0 radical (unpaired) electrons. The summed E-state index contributed by atoms with van der Waals surface area (Å²) < 4.78 is 36.2. The highest BCUT2D eigenvalue weighted by Crippen LogP contribution is 2.10. The summed E-state index contributed by atoms with van der Waals surface area (Å²) in [6, 6.07) is 4.98. The quantitative estimate of drug-likeness (QED) is 0.402. The van der Waals surface area contributed by atoms with Gasteiger partial charge in [0.1, 0.15) is 6.04 Å². The number of aryl methyl sites for hydroxylation is 1. The SMILES string of the molecule is CCOC(=O)CCCNC(=O)COC(=O)[C@H](C)NS(=O)(=O)c1ccc(C)cc1. The normalized spacial score (nSPS) is 12.1. The lowest BCUT2D eigenvalue weighted by atomic mass is 10.2. The zero-order valence-electron chi connectivity index (χ0n) is 16.2. The van der Waals surface area contributed by atoms with Crippen molar-refractivity contribution in [1.82, 2.24) is 10.0 Å². The van der Waals surface area contributed by atoms with Crippen molar-refractivity contribution in [3.8, 4) is 0 Å². The first-order valence-corrected chi connectivity index (χ1v) is 10.3. The van der Waals surface area contributed by atoms with E-state index in [9.17, 15) is 22.8 Å². The number of esters is 2. The molecule has 2 N–H and O–H groups in total. The fourth-order valence-electron chi connectivity index (χ4n) is 2.07. The first-order chi connectivity index (χ1) is 13.2. The number of hydrogen-bond acceptors (Lipinski definition) is 7. The molecule has 9 nitrogen and oxygen atoms in total. The molecule has 1 rings (SSSR count). The molecule has 0 bridgehead atoms. The third kappa shape index (κ3) is 8.49. The molecule has 10 heteroatoms. The van der Waals surface area contributed by atoms with Crippen LogP contribution < -0.4 is 10.0 Å². The van der Waals surface area contributed by atoms with Crippen LogP contribution in [-0.4, -0.2) is 52.1 Å². The van der Waals surface area contributed by atoms with E-state index in [1.807, 2.05) is 6.92 Å². The first kappa shape index (κ1) is 23.6. The summed E-state index contributed by atoms with van der Waals surface area (Å²) in [5.41, 5.74) is 0.902. The minimum Gasteiger partial charge on any atom is -0.466 e. The molecule has 0 heterocycles. The summed E-state index contributed by atoms with van der Waals surface area (Å²) in [6.45, 7) is 4.83. The number of hydrogen-bond donors (Lipinski definition) is 2. The predicted octanol–water partition coefficient (Wildman–Crippen LogP) is 0.665. The minimum atomic E-state index is -3.89. The second kappa shape index (κ2) is 11.4. The van der Waals surface area contributed by atoms with Crippen molar-refractivity contribution >= 4 is 27.9 Å². The number of amides is 1. The van der Waals surface area contributed by atoms with Gasteiger partial charge in [-0.1, -0.05) is 17.7 Å². The predicted molar refractivity (Wildman–Crippen MR) is 101 cm³/mol. The summed E-state index contributed by atoms with van der Waals surface area (Å²) in [7, 11) is -3.89. The molecule has 28 heavy (non-hydrogen) atoms. The number of benzene rings is 1. The van der Waals surface area contributed by atoms with Crippen LogP contribution in [0, 0.1) is 6.92 Å². The number of nitrogens with one attached hydrogen (secondary N) is 2. The Morgan fingerprint density at radius 2 is 1.75 bits per heavy atom. The van der Waals surface area contributed by atoms with Crippen molar-refractivity contribution in [1.29, 1.82) is 0 Å². The third-order valence-electron chi connectivity index (χ3n) is 3.55. The molecule has 0 aliphatic heterocycles. The van der Waals surface area contributed by atoms with Gasteiger partial charge in [0, 0.05) is 13.0 Å². The number of sulfonamides is 1. The Bertz CT molecular complexity index is 776. The highest BCUT2D eigenvalue weighted by atomic mass is 32.2. The molecule has 0 unspecified atom stereocenters. The molecule has 0 saturated heterocycles. The Balaban J connectivity index is 2.36. The standard InChI is InChI=1S/C18H26N2O7S/c1-4-26-17(22)6-5-11-19-16(21)12-27-18(23)14(3)20-28(24,25)15-9-7-13(2)8-10-15/h7-10,14,20H,4-6,11-12H2,1-3H3,(H,19,21)/t14-/m0/s1. The van der Waals surface area contributed by atoms with Crippen molar-refractivity contribution in [2.24, 2.45) is 0 Å². The zero-order valence-corrected chi connectivity index (χ0v) is 17.0. The minimum absolute atomic E-state index is 0.0251. The van der Waals surface area contributed by atoms with Gasteiger partial charge in [-0.3, -0.25) is 14.4 Å². The van der Waals surface area contributed by atoms with Gasteiger partial charge in [-0.2, -0.15) is 4.72 Å². The van der Waals surface area contributed by atoms with Gasteiger partial charge in [0.25, 0.3) is 5.91 Å². The van der Waals surface area contributed by atoms with Crippen molar-refractivity contribution < 1.29 is 32.3 Å². The Hall–Kier alpha value is -2.46. The monoisotopic (exact) mass is 414 g/mol. The molecule has 0 aromatic heterocycles. The zero-order chi connectivity index (χ0) is 21.2. The Morgan fingerprint density at radius 3 is 2.36 bits per heavy atom. The first-order valence-electron chi connectivity index (χ1n) is 8.83. The fourth-order valence-corrected chi connectivity index (χ4v) is 3.26. The number of carbonyl (C=O) groups excluding carboxylic acids is 3. The topological polar surface area (TPSA) is 128 Å². The molecule has 0 aliphatic rings. The van der Waals surface area contributed by atoms with Crippen LogP contribution in [0.2, 0.25) is 0 Å². The largest absolute Gasteiger partial charge is 0.466 e. The van der Waals surface area contributed by atoms with Gasteiger partial charge in [0.2, 0.25) is 10.0 Å². The van der Waals surface area contributed by atoms with E-state index >= 15 is 0 Å². The van der Waals surface area contributed by atoms with Crippen LogP contribution in [0.5, 0.6) is 0 Å². The molecule has 1 atom stereocenters. The molecular formula is C18H26N2O7S. The van der Waals surface area contributed by atoms with Gasteiger partial charge in [0.15, 0.2) is 6.61 Å². The Morgan fingerprint density at radius 1 is 1.11 bits per heavy atom. The lowest BCUT2D eigenvalue weighted by Crippen LogP contribution is -2.41. The van der Waals surface area contributed by atoms with Gasteiger partial charge in [-0.25, -0.2) is 8.42 Å². The van der Waals surface area contributed by atoms with Crippen molar-refractivity contribution in [2.75, 3.05) is 19.8 Å². The number of rotatable bonds is 11. The maximum atomic E-state index is 12.2. The van der Waals surface area contributed by atoms with E-state index in [-0.39, 0.29) is 23.8 Å². The van der Waals surface area contributed by atoms with Gasteiger partial charge in [-0.15, -0.1) is 0 Å². The van der Waals surface area contributed by atoms with E-state index in [1.165, 1.54) is 19.1 Å². The molecule has 156 valence electrons. The second-order valence-corrected chi connectivity index (χ2v) is 7.74. The molecule has 1 aromatic rings. The molecule has 0 saturated carbocycles. The smallest absolute Gasteiger partial charge is 0.324 e. The van der Waals surface area contributed by atoms with E-state index in [1.54, 1.807) is 19.1 Å². The summed E-state index contributed by atoms with van der Waals surface area (Å²) in [5.74, 6) is -1.78. The summed E-state index contributed by atoms with van der Waals surface area (Å²) in [6.07, 6.45) is 0.566. The highest BCUT2D eigenvalue weighted by molar-refractivity contribution is 7.89. The maximum Gasteiger partial charge on any atom is 0.324 e. The third-order valence-corrected chi connectivity index (χ3v) is 5.10. The van der Waals surface area contributed by atoms with Crippen LogP contribution in [0.25, 0.3) is 0 Å². The molecule has 1 aromatic carbocycles. The summed E-state index contributed by atoms with van der Waals surface area (Å²) >= 11 is 0. The summed E-state index contributed by atoms with van der Waals surface area (Å²) in [5, 5.41) is 2.49. The van der Waals surface area contributed by atoms with Crippen LogP contribution in [-0.2, 0) is 33.9 Å². The highest BCUT2D eigenvalue weighted by Gasteiger charge is 2.23. The molecule has 0 spiro atoms.